The lowest BCUT2D eigenvalue weighted by Gasteiger charge is -2.11. The van der Waals surface area contributed by atoms with E-state index in [0.29, 0.717) is 0 Å². The Hall–Kier alpha value is -2.89. The lowest BCUT2D eigenvalue weighted by molar-refractivity contribution is -0.182. The van der Waals surface area contributed by atoms with E-state index in [2.05, 4.69) is 20.3 Å². The van der Waals surface area contributed by atoms with Crippen LogP contribution in [0.5, 0.6) is 0 Å². The zero-order valence-corrected chi connectivity index (χ0v) is 12.9. The highest BCUT2D eigenvalue weighted by Crippen LogP contribution is 2.15. The van der Waals surface area contributed by atoms with Gasteiger partial charge < -0.3 is 15.2 Å². The minimum Gasteiger partial charge on any atom is -0.480 e. The zero-order valence-electron chi connectivity index (χ0n) is 12.9. The fraction of sp³-hybridized carbons (Fsp3) is 0.385. The van der Waals surface area contributed by atoms with Crippen LogP contribution in [0.4, 0.5) is 18.9 Å². The van der Waals surface area contributed by atoms with Crippen LogP contribution in [0, 0.1) is 0 Å². The number of nitrogens with zero attached hydrogens (tertiary/aromatic N) is 4. The second kappa shape index (κ2) is 7.34. The Balaban J connectivity index is 1.98. The maximum atomic E-state index is 12.2. The largest absolute Gasteiger partial charge is 0.480 e. The quantitative estimate of drug-likeness (QED) is 0.773. The molecule has 2 heterocycles. The number of carbonyl (C=O) groups is 2. The SMILES string of the molecule is CC(C(=O)O)n1nccc1C(=O)Nc1cnn(COCC(F)(F)F)c1. The molecule has 2 aromatic rings. The van der Waals surface area contributed by atoms with Gasteiger partial charge in [-0.05, 0) is 13.0 Å². The Bertz CT molecular complexity index is 755. The summed E-state index contributed by atoms with van der Waals surface area (Å²) in [6.07, 6.45) is -0.669. The summed E-state index contributed by atoms with van der Waals surface area (Å²) >= 11 is 0. The molecular formula is C13H14F3N5O4. The smallest absolute Gasteiger partial charge is 0.411 e. The van der Waals surface area contributed by atoms with Crippen LogP contribution in [-0.4, -0.2) is 49.3 Å². The molecule has 1 atom stereocenters. The van der Waals surface area contributed by atoms with Crippen LogP contribution < -0.4 is 5.32 Å². The molecule has 136 valence electrons. The summed E-state index contributed by atoms with van der Waals surface area (Å²) < 4.78 is 42.5. The van der Waals surface area contributed by atoms with Gasteiger partial charge in [0.15, 0.2) is 0 Å². The first-order valence-corrected chi connectivity index (χ1v) is 6.92. The third-order valence-corrected chi connectivity index (χ3v) is 3.01. The Kier molecular flexibility index (Phi) is 5.41. The molecule has 0 aliphatic heterocycles. The van der Waals surface area contributed by atoms with Gasteiger partial charge in [0.1, 0.15) is 25.1 Å². The molecule has 2 N–H and O–H groups in total. The van der Waals surface area contributed by atoms with Crippen molar-refractivity contribution in [2.75, 3.05) is 11.9 Å². The standard InChI is InChI=1S/C13H14F3N5O4/c1-8(12(23)24)21-10(2-3-17-21)11(22)19-9-4-18-20(5-9)7-25-6-13(14,15)16/h2-5,8H,6-7H2,1H3,(H,19,22)(H,23,24). The van der Waals surface area contributed by atoms with Gasteiger partial charge in [-0.15, -0.1) is 0 Å². The fourth-order valence-electron chi connectivity index (χ4n) is 1.86. The van der Waals surface area contributed by atoms with Crippen LogP contribution >= 0.6 is 0 Å². The molecule has 0 radical (unpaired) electrons. The first kappa shape index (κ1) is 18.4. The number of carboxylic acids is 1. The van der Waals surface area contributed by atoms with Crippen molar-refractivity contribution in [3.05, 3.63) is 30.4 Å². The van der Waals surface area contributed by atoms with E-state index in [1.54, 1.807) is 0 Å². The van der Waals surface area contributed by atoms with Crippen molar-refractivity contribution < 1.29 is 32.6 Å². The summed E-state index contributed by atoms with van der Waals surface area (Å²) in [7, 11) is 0. The van der Waals surface area contributed by atoms with E-state index < -0.39 is 37.4 Å². The van der Waals surface area contributed by atoms with Gasteiger partial charge in [0.25, 0.3) is 5.91 Å². The Morgan fingerprint density at radius 1 is 1.40 bits per heavy atom. The van der Waals surface area contributed by atoms with Gasteiger partial charge in [0, 0.05) is 6.20 Å². The van der Waals surface area contributed by atoms with Crippen LogP contribution in [0.15, 0.2) is 24.7 Å². The highest BCUT2D eigenvalue weighted by Gasteiger charge is 2.27. The molecule has 2 rings (SSSR count). The van der Waals surface area contributed by atoms with Crippen molar-refractivity contribution >= 4 is 17.6 Å². The summed E-state index contributed by atoms with van der Waals surface area (Å²) in [5.41, 5.74) is 0.215. The summed E-state index contributed by atoms with van der Waals surface area (Å²) in [5, 5.41) is 19.0. The number of rotatable bonds is 7. The summed E-state index contributed by atoms with van der Waals surface area (Å²) in [6, 6.07) is 0.292. The molecule has 0 aliphatic carbocycles. The summed E-state index contributed by atoms with van der Waals surface area (Å²) in [6.45, 7) is -0.494. The van der Waals surface area contributed by atoms with E-state index >= 15 is 0 Å². The highest BCUT2D eigenvalue weighted by atomic mass is 19.4. The number of carbonyl (C=O) groups excluding carboxylic acids is 1. The third kappa shape index (κ3) is 5.04. The number of carboxylic acid groups (broad SMARTS) is 1. The second-order valence-electron chi connectivity index (χ2n) is 4.99. The molecule has 2 aromatic heterocycles. The number of halogens is 3. The number of aliphatic carboxylic acids is 1. The van der Waals surface area contributed by atoms with Crippen molar-refractivity contribution in [1.82, 2.24) is 19.6 Å². The van der Waals surface area contributed by atoms with Gasteiger partial charge in [-0.1, -0.05) is 0 Å². The predicted molar refractivity (Wildman–Crippen MR) is 76.8 cm³/mol. The van der Waals surface area contributed by atoms with Gasteiger partial charge in [-0.3, -0.25) is 4.79 Å². The monoisotopic (exact) mass is 361 g/mol. The zero-order chi connectivity index (χ0) is 18.6. The third-order valence-electron chi connectivity index (χ3n) is 3.01. The Labute approximate surface area is 139 Å². The second-order valence-corrected chi connectivity index (χ2v) is 4.99. The number of ether oxygens (including phenoxy) is 1. The molecule has 25 heavy (non-hydrogen) atoms. The highest BCUT2D eigenvalue weighted by molar-refractivity contribution is 6.03. The molecule has 0 bridgehead atoms. The molecule has 1 amide bonds. The number of nitrogens with one attached hydrogen (secondary N) is 1. The van der Waals surface area contributed by atoms with Crippen molar-refractivity contribution in [1.29, 1.82) is 0 Å². The van der Waals surface area contributed by atoms with E-state index in [9.17, 15) is 22.8 Å². The van der Waals surface area contributed by atoms with Crippen molar-refractivity contribution in [2.45, 2.75) is 25.9 Å². The van der Waals surface area contributed by atoms with Crippen LogP contribution in [0.2, 0.25) is 0 Å². The molecule has 0 aliphatic rings. The van der Waals surface area contributed by atoms with Gasteiger partial charge in [-0.2, -0.15) is 23.4 Å². The van der Waals surface area contributed by atoms with Crippen molar-refractivity contribution in [2.24, 2.45) is 0 Å². The first-order valence-electron chi connectivity index (χ1n) is 6.92. The number of hydrogen-bond acceptors (Lipinski definition) is 5. The van der Waals surface area contributed by atoms with E-state index in [4.69, 9.17) is 5.11 Å². The lowest BCUT2D eigenvalue weighted by Crippen LogP contribution is -2.24. The number of anilines is 1. The fourth-order valence-corrected chi connectivity index (χ4v) is 1.86. The Morgan fingerprint density at radius 3 is 2.76 bits per heavy atom. The normalized spacial score (nSPS) is 12.8. The number of amides is 1. The molecule has 0 aromatic carbocycles. The van der Waals surface area contributed by atoms with Gasteiger partial charge >= 0.3 is 12.1 Å². The summed E-state index contributed by atoms with van der Waals surface area (Å²) in [5.74, 6) is -1.80. The van der Waals surface area contributed by atoms with Crippen LogP contribution in [0.1, 0.15) is 23.5 Å². The average molecular weight is 361 g/mol. The van der Waals surface area contributed by atoms with Crippen LogP contribution in [-0.2, 0) is 16.3 Å². The van der Waals surface area contributed by atoms with Gasteiger partial charge in [0.2, 0.25) is 0 Å². The first-order chi connectivity index (χ1) is 11.7. The van der Waals surface area contributed by atoms with E-state index in [1.807, 2.05) is 0 Å². The number of alkyl halides is 3. The minimum atomic E-state index is -4.44. The maximum Gasteiger partial charge on any atom is 0.411 e. The van der Waals surface area contributed by atoms with E-state index in [0.717, 1.165) is 9.36 Å². The average Bonchev–Trinajstić information content (AvgIpc) is 3.14. The maximum absolute atomic E-state index is 12.2. The summed E-state index contributed by atoms with van der Waals surface area (Å²) in [4.78, 5) is 23.2. The molecule has 0 fully saturated rings. The molecule has 9 nitrogen and oxygen atoms in total. The van der Waals surface area contributed by atoms with Gasteiger partial charge in [-0.25, -0.2) is 14.2 Å². The van der Waals surface area contributed by atoms with Crippen LogP contribution in [0.3, 0.4) is 0 Å². The molecule has 0 saturated carbocycles. The predicted octanol–water partition coefficient (Wildman–Crippen LogP) is 1.51. The number of aromatic nitrogens is 4. The van der Waals surface area contributed by atoms with Gasteiger partial charge in [0.05, 0.1) is 18.1 Å². The topological polar surface area (TPSA) is 111 Å². The van der Waals surface area contributed by atoms with E-state index in [1.165, 1.54) is 31.6 Å². The Morgan fingerprint density at radius 2 is 2.12 bits per heavy atom. The molecule has 12 heteroatoms. The molecule has 0 saturated heterocycles. The van der Waals surface area contributed by atoms with E-state index in [-0.39, 0.29) is 11.4 Å². The molecule has 0 spiro atoms. The van der Waals surface area contributed by atoms with Crippen LogP contribution in [0.25, 0.3) is 0 Å². The molecular weight excluding hydrogens is 347 g/mol. The number of hydrogen-bond donors (Lipinski definition) is 2. The van der Waals surface area contributed by atoms with Crippen molar-refractivity contribution in [3.8, 4) is 0 Å². The lowest BCUT2D eigenvalue weighted by atomic mass is 10.3. The molecule has 1 unspecified atom stereocenters. The van der Waals surface area contributed by atoms with Crippen molar-refractivity contribution in [3.63, 3.8) is 0 Å². The minimum absolute atomic E-state index is 0.0102.